The average Bonchev–Trinajstić information content (AvgIpc) is 2.81. The summed E-state index contributed by atoms with van der Waals surface area (Å²) in [6.45, 7) is 19.8. The molecule has 1 aliphatic carbocycles. The smallest absolute Gasteiger partial charge is 0.183 e. The highest BCUT2D eigenvalue weighted by molar-refractivity contribution is 5.42. The molecule has 0 amide bonds. The van der Waals surface area contributed by atoms with Crippen molar-refractivity contribution in [2.75, 3.05) is 20.8 Å². The van der Waals surface area contributed by atoms with Gasteiger partial charge in [-0.2, -0.15) is 5.26 Å². The van der Waals surface area contributed by atoms with E-state index in [1.165, 1.54) is 0 Å². The lowest BCUT2D eigenvalue weighted by atomic mass is 9.76. The molecule has 0 spiro atoms. The van der Waals surface area contributed by atoms with Gasteiger partial charge in [-0.25, -0.2) is 4.98 Å². The van der Waals surface area contributed by atoms with Crippen LogP contribution in [-0.2, 0) is 9.47 Å². The molecule has 0 unspecified atom stereocenters. The SMILES string of the molecule is CC.CCC(C)(C)OCC(C)(C)CC(C)(C)C#Cc1ccc(OC2CC(OC)C2)c(C#N)n1.CO. The zero-order valence-electron chi connectivity index (χ0n) is 23.9. The predicted molar refractivity (Wildman–Crippen MR) is 142 cm³/mol. The van der Waals surface area contributed by atoms with Crippen molar-refractivity contribution >= 4 is 0 Å². The molecule has 1 aromatic heterocycles. The highest BCUT2D eigenvalue weighted by Gasteiger charge is 2.32. The Balaban J connectivity index is 0.00000274. The topological polar surface area (TPSA) is 84.6 Å². The fourth-order valence-corrected chi connectivity index (χ4v) is 3.69. The van der Waals surface area contributed by atoms with Crippen LogP contribution < -0.4 is 4.74 Å². The highest BCUT2D eigenvalue weighted by Crippen LogP contribution is 2.35. The first-order valence-corrected chi connectivity index (χ1v) is 12.6. The molecule has 0 bridgehead atoms. The van der Waals surface area contributed by atoms with Crippen molar-refractivity contribution in [3.05, 3.63) is 23.5 Å². The summed E-state index contributed by atoms with van der Waals surface area (Å²) in [5.41, 5.74) is 0.533. The number of nitriles is 1. The molecular formula is C29H48N2O4. The quantitative estimate of drug-likeness (QED) is 0.420. The Morgan fingerprint density at radius 3 is 2.17 bits per heavy atom. The molecule has 0 aromatic carbocycles. The van der Waals surface area contributed by atoms with Gasteiger partial charge in [0.1, 0.15) is 17.9 Å². The van der Waals surface area contributed by atoms with Crippen molar-refractivity contribution in [1.29, 1.82) is 5.26 Å². The molecule has 1 saturated carbocycles. The number of nitrogens with zero attached hydrogens (tertiary/aromatic N) is 2. The summed E-state index contributed by atoms with van der Waals surface area (Å²) < 4.78 is 17.3. The van der Waals surface area contributed by atoms with Crippen LogP contribution in [0.15, 0.2) is 12.1 Å². The summed E-state index contributed by atoms with van der Waals surface area (Å²) in [5.74, 6) is 7.03. The van der Waals surface area contributed by atoms with Crippen LogP contribution in [0.25, 0.3) is 0 Å². The van der Waals surface area contributed by atoms with Crippen LogP contribution in [0.4, 0.5) is 0 Å². The van der Waals surface area contributed by atoms with E-state index in [0.29, 0.717) is 18.1 Å². The first-order chi connectivity index (χ1) is 16.4. The maximum Gasteiger partial charge on any atom is 0.183 e. The Labute approximate surface area is 214 Å². The average molecular weight is 489 g/mol. The van der Waals surface area contributed by atoms with E-state index in [2.05, 4.69) is 71.4 Å². The summed E-state index contributed by atoms with van der Waals surface area (Å²) in [4.78, 5) is 4.41. The van der Waals surface area contributed by atoms with Crippen LogP contribution >= 0.6 is 0 Å². The van der Waals surface area contributed by atoms with Gasteiger partial charge in [-0.3, -0.25) is 0 Å². The standard InChI is InChI=1S/C26H38N2O3.C2H6.CH4O/c1-9-26(6,7)30-18-25(4,5)17-24(2,3)13-12-19-10-11-23(22(16-27)28-19)31-21-14-20(15-21)29-8;2*1-2/h10-11,20-21H,9,14-15,17-18H2,1-8H3;1-2H3;2H,1H3. The van der Waals surface area contributed by atoms with Gasteiger partial charge in [-0.15, -0.1) is 0 Å². The monoisotopic (exact) mass is 488 g/mol. The molecule has 198 valence electrons. The minimum atomic E-state index is -0.214. The third kappa shape index (κ3) is 11.9. The minimum absolute atomic E-state index is 0.00358. The summed E-state index contributed by atoms with van der Waals surface area (Å²) >= 11 is 0. The molecule has 35 heavy (non-hydrogen) atoms. The van der Waals surface area contributed by atoms with Crippen molar-refractivity contribution in [3.63, 3.8) is 0 Å². The number of hydrogen-bond donors (Lipinski definition) is 1. The van der Waals surface area contributed by atoms with E-state index in [-0.39, 0.29) is 34.3 Å². The first-order valence-electron chi connectivity index (χ1n) is 12.6. The molecule has 0 radical (unpaired) electrons. The summed E-state index contributed by atoms with van der Waals surface area (Å²) in [6, 6.07) is 5.76. The van der Waals surface area contributed by atoms with Crippen LogP contribution in [0.1, 0.15) is 99.4 Å². The normalized spacial score (nSPS) is 17.2. The minimum Gasteiger partial charge on any atom is -0.487 e. The van der Waals surface area contributed by atoms with Gasteiger partial charge >= 0.3 is 0 Å². The lowest BCUT2D eigenvalue weighted by Gasteiger charge is -2.35. The van der Waals surface area contributed by atoms with Crippen LogP contribution in [0.3, 0.4) is 0 Å². The van der Waals surface area contributed by atoms with Gasteiger partial charge in [0.25, 0.3) is 0 Å². The van der Waals surface area contributed by atoms with E-state index in [1.807, 2.05) is 19.9 Å². The molecule has 1 aliphatic rings. The number of aliphatic hydroxyl groups excluding tert-OH is 1. The number of pyridine rings is 1. The van der Waals surface area contributed by atoms with Crippen molar-refractivity contribution < 1.29 is 19.3 Å². The van der Waals surface area contributed by atoms with Crippen molar-refractivity contribution in [2.24, 2.45) is 10.8 Å². The third-order valence-corrected chi connectivity index (χ3v) is 5.80. The molecule has 1 aromatic rings. The Morgan fingerprint density at radius 1 is 1.06 bits per heavy atom. The van der Waals surface area contributed by atoms with Crippen LogP contribution in [0.5, 0.6) is 5.75 Å². The first kappa shape index (κ1) is 32.9. The Morgan fingerprint density at radius 2 is 1.66 bits per heavy atom. The summed E-state index contributed by atoms with van der Waals surface area (Å²) in [5, 5.41) is 16.5. The molecule has 2 rings (SSSR count). The van der Waals surface area contributed by atoms with Crippen LogP contribution in [0, 0.1) is 34.0 Å². The van der Waals surface area contributed by atoms with Gasteiger partial charge in [-0.1, -0.05) is 40.5 Å². The van der Waals surface area contributed by atoms with Crippen molar-refractivity contribution in [2.45, 2.75) is 106 Å². The maximum atomic E-state index is 9.49. The Bertz CT molecular complexity index is 854. The lowest BCUT2D eigenvalue weighted by molar-refractivity contribution is -0.0629. The molecular weight excluding hydrogens is 440 g/mol. The van der Waals surface area contributed by atoms with Crippen LogP contribution in [0.2, 0.25) is 0 Å². The lowest BCUT2D eigenvalue weighted by Crippen LogP contribution is -2.39. The number of methoxy groups -OCH3 is 1. The Kier molecular flexibility index (Phi) is 14.2. The van der Waals surface area contributed by atoms with Gasteiger partial charge < -0.3 is 19.3 Å². The molecule has 6 heteroatoms. The molecule has 1 N–H and O–H groups in total. The van der Waals surface area contributed by atoms with E-state index in [9.17, 15) is 5.26 Å². The van der Waals surface area contributed by atoms with Gasteiger partial charge in [0.05, 0.1) is 18.3 Å². The van der Waals surface area contributed by atoms with Gasteiger partial charge in [0.2, 0.25) is 0 Å². The third-order valence-electron chi connectivity index (χ3n) is 5.80. The molecule has 0 aliphatic heterocycles. The van der Waals surface area contributed by atoms with E-state index >= 15 is 0 Å². The molecule has 6 nitrogen and oxygen atoms in total. The van der Waals surface area contributed by atoms with Gasteiger partial charge in [-0.05, 0) is 64.0 Å². The number of ether oxygens (including phenoxy) is 3. The predicted octanol–water partition coefficient (Wildman–Crippen LogP) is 6.14. The maximum absolute atomic E-state index is 9.49. The van der Waals surface area contributed by atoms with Crippen molar-refractivity contribution in [1.82, 2.24) is 4.98 Å². The van der Waals surface area contributed by atoms with Gasteiger partial charge in [0.15, 0.2) is 11.4 Å². The van der Waals surface area contributed by atoms with Gasteiger partial charge in [0, 0.05) is 32.5 Å². The van der Waals surface area contributed by atoms with E-state index in [1.54, 1.807) is 13.2 Å². The Hall–Kier alpha value is -2.12. The zero-order chi connectivity index (χ0) is 27.3. The number of hydrogen-bond acceptors (Lipinski definition) is 6. The second kappa shape index (κ2) is 15.1. The number of aliphatic hydroxyl groups is 1. The fourth-order valence-electron chi connectivity index (χ4n) is 3.69. The molecule has 1 heterocycles. The van der Waals surface area contributed by atoms with E-state index in [0.717, 1.165) is 32.8 Å². The van der Waals surface area contributed by atoms with E-state index in [4.69, 9.17) is 19.3 Å². The fraction of sp³-hybridized carbons (Fsp3) is 0.724. The molecule has 0 saturated heterocycles. The van der Waals surface area contributed by atoms with E-state index < -0.39 is 0 Å². The molecule has 0 atom stereocenters. The second-order valence-electron chi connectivity index (χ2n) is 10.6. The molecule has 1 fully saturated rings. The summed E-state index contributed by atoms with van der Waals surface area (Å²) in [6.07, 6.45) is 3.88. The van der Waals surface area contributed by atoms with Crippen LogP contribution in [-0.4, -0.2) is 48.7 Å². The second-order valence-corrected chi connectivity index (χ2v) is 10.6. The van der Waals surface area contributed by atoms with Crippen molar-refractivity contribution in [3.8, 4) is 23.7 Å². The zero-order valence-corrected chi connectivity index (χ0v) is 23.9. The summed E-state index contributed by atoms with van der Waals surface area (Å²) in [7, 11) is 2.71. The number of rotatable bonds is 9. The number of aromatic nitrogens is 1. The highest BCUT2D eigenvalue weighted by atomic mass is 16.5. The largest absolute Gasteiger partial charge is 0.487 e.